The highest BCUT2D eigenvalue weighted by atomic mass is 79.9. The summed E-state index contributed by atoms with van der Waals surface area (Å²) in [5.41, 5.74) is 0. The molecule has 0 amide bonds. The normalized spacial score (nSPS) is 13.9. The summed E-state index contributed by atoms with van der Waals surface area (Å²) in [4.78, 5) is 0.683. The summed E-state index contributed by atoms with van der Waals surface area (Å²) >= 11 is 6.93. The molecule has 0 radical (unpaired) electrons. The molecule has 0 fully saturated rings. The first-order valence-corrected chi connectivity index (χ1v) is 5.05. The molecule has 0 N–H and O–H groups in total. The number of alkyl halides is 2. The van der Waals surface area contributed by atoms with Crippen molar-refractivity contribution in [3.05, 3.63) is 0 Å². The van der Waals surface area contributed by atoms with Gasteiger partial charge in [0, 0.05) is 10.2 Å². The molecule has 0 aliphatic carbocycles. The summed E-state index contributed by atoms with van der Waals surface area (Å²) in [5.74, 6) is 0. The molecule has 1 atom stereocenters. The van der Waals surface area contributed by atoms with E-state index in [1.807, 2.05) is 0 Å². The Morgan fingerprint density at radius 1 is 1.50 bits per heavy atom. The lowest BCUT2D eigenvalue weighted by atomic mass is 10.2. The molecule has 0 unspecified atom stereocenters. The Labute approximate surface area is 68.3 Å². The fourth-order valence-electron chi connectivity index (χ4n) is 0.503. The van der Waals surface area contributed by atoms with E-state index in [0.717, 1.165) is 5.33 Å². The average molecular weight is 244 g/mol. The third kappa shape index (κ3) is 5.10. The summed E-state index contributed by atoms with van der Waals surface area (Å²) in [5, 5.41) is 1.08. The van der Waals surface area contributed by atoms with Gasteiger partial charge >= 0.3 is 0 Å². The third-order valence-corrected chi connectivity index (χ3v) is 3.47. The van der Waals surface area contributed by atoms with Crippen LogP contribution in [-0.2, 0) is 0 Å². The van der Waals surface area contributed by atoms with Gasteiger partial charge in [0.2, 0.25) is 0 Å². The van der Waals surface area contributed by atoms with Gasteiger partial charge in [-0.15, -0.1) is 0 Å². The van der Waals surface area contributed by atoms with Crippen molar-refractivity contribution in [2.45, 2.75) is 31.0 Å². The van der Waals surface area contributed by atoms with Gasteiger partial charge in [-0.2, -0.15) is 0 Å². The maximum Gasteiger partial charge on any atom is 0.0242 e. The van der Waals surface area contributed by atoms with Crippen LogP contribution in [0.1, 0.15) is 26.2 Å². The summed E-state index contributed by atoms with van der Waals surface area (Å²) < 4.78 is 0. The second-order valence-electron chi connectivity index (χ2n) is 1.89. The van der Waals surface area contributed by atoms with Crippen molar-refractivity contribution in [3.63, 3.8) is 0 Å². The standard InChI is InChI=1S/C6H12Br2/c1-2-3-4-6(8)5-7/h6H,2-5H2,1H3/t6-/m1/s1. The van der Waals surface area contributed by atoms with Crippen LogP contribution in [0.4, 0.5) is 0 Å². The third-order valence-electron chi connectivity index (χ3n) is 1.04. The molecule has 2 heteroatoms. The smallest absolute Gasteiger partial charge is 0.0242 e. The Morgan fingerprint density at radius 3 is 2.50 bits per heavy atom. The van der Waals surface area contributed by atoms with E-state index in [-0.39, 0.29) is 0 Å². The molecule has 0 aromatic carbocycles. The molecule has 0 bridgehead atoms. The molecule has 0 nitrogen and oxygen atoms in total. The average Bonchev–Trinajstić information content (AvgIpc) is 1.83. The van der Waals surface area contributed by atoms with E-state index in [4.69, 9.17) is 0 Å². The Balaban J connectivity index is 2.86. The summed E-state index contributed by atoms with van der Waals surface area (Å²) in [6.45, 7) is 2.22. The zero-order valence-electron chi connectivity index (χ0n) is 5.16. The Hall–Kier alpha value is 0.960. The van der Waals surface area contributed by atoms with Crippen molar-refractivity contribution in [1.82, 2.24) is 0 Å². The van der Waals surface area contributed by atoms with Crippen molar-refractivity contribution in [3.8, 4) is 0 Å². The predicted octanol–water partition coefficient (Wildman–Crippen LogP) is 3.34. The molecule has 0 aromatic rings. The number of halogens is 2. The van der Waals surface area contributed by atoms with Crippen molar-refractivity contribution in [1.29, 1.82) is 0 Å². The Bertz CT molecular complexity index is 45.8. The van der Waals surface area contributed by atoms with Gasteiger partial charge in [0.25, 0.3) is 0 Å². The molecule has 0 saturated carbocycles. The maximum atomic E-state index is 3.53. The molecule has 0 aromatic heterocycles. The van der Waals surface area contributed by atoms with Crippen LogP contribution in [0, 0.1) is 0 Å². The molecular weight excluding hydrogens is 232 g/mol. The van der Waals surface area contributed by atoms with Crippen molar-refractivity contribution < 1.29 is 0 Å². The van der Waals surface area contributed by atoms with Gasteiger partial charge in [-0.05, 0) is 6.42 Å². The maximum absolute atomic E-state index is 3.53. The predicted molar refractivity (Wildman–Crippen MR) is 46.0 cm³/mol. The lowest BCUT2D eigenvalue weighted by Crippen LogP contribution is -1.96. The van der Waals surface area contributed by atoms with Crippen molar-refractivity contribution in [2.24, 2.45) is 0 Å². The van der Waals surface area contributed by atoms with Crippen LogP contribution >= 0.6 is 31.9 Å². The van der Waals surface area contributed by atoms with Crippen LogP contribution in [0.3, 0.4) is 0 Å². The van der Waals surface area contributed by atoms with Gasteiger partial charge < -0.3 is 0 Å². The Kier molecular flexibility index (Phi) is 6.82. The zero-order chi connectivity index (χ0) is 6.41. The SMILES string of the molecule is CCCC[C@@H](Br)CBr. The first-order valence-electron chi connectivity index (χ1n) is 3.01. The number of hydrogen-bond donors (Lipinski definition) is 0. The van der Waals surface area contributed by atoms with Crippen molar-refractivity contribution >= 4 is 31.9 Å². The molecule has 8 heavy (non-hydrogen) atoms. The molecule has 0 aliphatic heterocycles. The van der Waals surface area contributed by atoms with Crippen LogP contribution in [0.2, 0.25) is 0 Å². The molecule has 50 valence electrons. The van der Waals surface area contributed by atoms with E-state index in [9.17, 15) is 0 Å². The van der Waals surface area contributed by atoms with Gasteiger partial charge in [-0.25, -0.2) is 0 Å². The van der Waals surface area contributed by atoms with Crippen LogP contribution in [0.5, 0.6) is 0 Å². The molecule has 0 spiro atoms. The lowest BCUT2D eigenvalue weighted by Gasteiger charge is -2.01. The van der Waals surface area contributed by atoms with E-state index in [0.29, 0.717) is 4.83 Å². The largest absolute Gasteiger partial charge is 0.0916 e. The second kappa shape index (κ2) is 6.09. The van der Waals surface area contributed by atoms with Gasteiger partial charge in [-0.1, -0.05) is 51.6 Å². The molecular formula is C6H12Br2. The van der Waals surface area contributed by atoms with Gasteiger partial charge in [0.05, 0.1) is 0 Å². The van der Waals surface area contributed by atoms with Crippen molar-refractivity contribution in [2.75, 3.05) is 5.33 Å². The van der Waals surface area contributed by atoms with E-state index >= 15 is 0 Å². The second-order valence-corrected chi connectivity index (χ2v) is 3.84. The fraction of sp³-hybridized carbons (Fsp3) is 1.00. The monoisotopic (exact) mass is 242 g/mol. The van der Waals surface area contributed by atoms with Gasteiger partial charge in [0.15, 0.2) is 0 Å². The van der Waals surface area contributed by atoms with Gasteiger partial charge in [0.1, 0.15) is 0 Å². The summed E-state index contributed by atoms with van der Waals surface area (Å²) in [6, 6.07) is 0. The molecule has 0 heterocycles. The van der Waals surface area contributed by atoms with Crippen LogP contribution in [0.25, 0.3) is 0 Å². The molecule has 0 aliphatic rings. The number of unbranched alkanes of at least 4 members (excludes halogenated alkanes) is 1. The fourth-order valence-corrected chi connectivity index (χ4v) is 1.15. The summed E-state index contributed by atoms with van der Waals surface area (Å²) in [7, 11) is 0. The Morgan fingerprint density at radius 2 is 2.12 bits per heavy atom. The van der Waals surface area contributed by atoms with E-state index in [1.165, 1.54) is 19.3 Å². The number of hydrogen-bond acceptors (Lipinski definition) is 0. The zero-order valence-corrected chi connectivity index (χ0v) is 8.33. The minimum absolute atomic E-state index is 0.683. The minimum atomic E-state index is 0.683. The first-order chi connectivity index (χ1) is 3.81. The molecule has 0 rings (SSSR count). The van der Waals surface area contributed by atoms with E-state index in [2.05, 4.69) is 38.8 Å². The lowest BCUT2D eigenvalue weighted by molar-refractivity contribution is 0.725. The highest BCUT2D eigenvalue weighted by molar-refractivity contribution is 9.12. The van der Waals surface area contributed by atoms with E-state index < -0.39 is 0 Å². The first kappa shape index (κ1) is 8.96. The topological polar surface area (TPSA) is 0 Å². The highest BCUT2D eigenvalue weighted by Crippen LogP contribution is 2.11. The quantitative estimate of drug-likeness (QED) is 0.665. The van der Waals surface area contributed by atoms with Crippen LogP contribution < -0.4 is 0 Å². The van der Waals surface area contributed by atoms with Crippen LogP contribution in [0.15, 0.2) is 0 Å². The summed E-state index contributed by atoms with van der Waals surface area (Å²) in [6.07, 6.45) is 3.93. The highest BCUT2D eigenvalue weighted by Gasteiger charge is 1.97. The van der Waals surface area contributed by atoms with Crippen LogP contribution in [-0.4, -0.2) is 10.2 Å². The minimum Gasteiger partial charge on any atom is -0.0916 e. The van der Waals surface area contributed by atoms with Gasteiger partial charge in [-0.3, -0.25) is 0 Å². The number of rotatable bonds is 4. The molecule has 0 saturated heterocycles. The van der Waals surface area contributed by atoms with E-state index in [1.54, 1.807) is 0 Å².